The number of benzene rings is 1. The van der Waals surface area contributed by atoms with E-state index in [-0.39, 0.29) is 24.9 Å². The molecule has 25 heavy (non-hydrogen) atoms. The fourth-order valence-electron chi connectivity index (χ4n) is 3.65. The van der Waals surface area contributed by atoms with Gasteiger partial charge in [0.15, 0.2) is 0 Å². The number of cyclic esters (lactones) is 1. The van der Waals surface area contributed by atoms with Crippen LogP contribution < -0.4 is 4.90 Å². The molecule has 6 nitrogen and oxygen atoms in total. The van der Waals surface area contributed by atoms with E-state index >= 15 is 0 Å². The van der Waals surface area contributed by atoms with Crippen LogP contribution >= 0.6 is 0 Å². The van der Waals surface area contributed by atoms with E-state index in [0.717, 1.165) is 31.4 Å². The molecule has 1 aliphatic carbocycles. The van der Waals surface area contributed by atoms with Crippen molar-refractivity contribution in [3.8, 4) is 6.07 Å². The first-order chi connectivity index (χ1) is 12.2. The van der Waals surface area contributed by atoms with E-state index in [1.165, 1.54) is 5.56 Å². The standard InChI is InChI=1S/C19H24N2O4/c1-23-13-18-12-21(19(22)25-18)16-6-2-14(3-7-16)15-4-8-17(9-5-15)24-11-10-20/h2-3,6-7,15,17-18H,4-5,8-9,11-13H2,1H3/t15-,17-,18?. The van der Waals surface area contributed by atoms with Crippen molar-refractivity contribution < 1.29 is 19.0 Å². The van der Waals surface area contributed by atoms with Crippen molar-refractivity contribution in [2.24, 2.45) is 0 Å². The van der Waals surface area contributed by atoms with Crippen LogP contribution in [0.3, 0.4) is 0 Å². The molecule has 6 heteroatoms. The molecule has 0 spiro atoms. The van der Waals surface area contributed by atoms with Crippen molar-refractivity contribution >= 4 is 11.8 Å². The molecule has 1 unspecified atom stereocenters. The summed E-state index contributed by atoms with van der Waals surface area (Å²) in [6.45, 7) is 1.12. The number of ether oxygens (including phenoxy) is 3. The minimum atomic E-state index is -0.315. The first kappa shape index (κ1) is 17.7. The van der Waals surface area contributed by atoms with Gasteiger partial charge >= 0.3 is 6.09 Å². The molecule has 0 aromatic heterocycles. The van der Waals surface area contributed by atoms with Crippen LogP contribution in [0.2, 0.25) is 0 Å². The van der Waals surface area contributed by atoms with Gasteiger partial charge in [-0.05, 0) is 49.3 Å². The molecule has 1 aliphatic heterocycles. The molecule has 1 atom stereocenters. The van der Waals surface area contributed by atoms with Gasteiger partial charge < -0.3 is 14.2 Å². The van der Waals surface area contributed by atoms with Gasteiger partial charge in [0.05, 0.1) is 25.3 Å². The lowest BCUT2D eigenvalue weighted by atomic mass is 9.82. The number of rotatable bonds is 6. The number of hydrogen-bond donors (Lipinski definition) is 0. The molecule has 1 saturated carbocycles. The molecule has 2 aliphatic rings. The molecular weight excluding hydrogens is 320 g/mol. The third-order valence-electron chi connectivity index (χ3n) is 4.96. The highest BCUT2D eigenvalue weighted by Crippen LogP contribution is 2.35. The average Bonchev–Trinajstić information content (AvgIpc) is 3.01. The van der Waals surface area contributed by atoms with Crippen molar-refractivity contribution in [2.75, 3.05) is 31.8 Å². The minimum absolute atomic E-state index is 0.181. The molecule has 134 valence electrons. The summed E-state index contributed by atoms with van der Waals surface area (Å²) in [5, 5.41) is 8.59. The van der Waals surface area contributed by atoms with E-state index in [2.05, 4.69) is 12.1 Å². The van der Waals surface area contributed by atoms with Gasteiger partial charge in [-0.1, -0.05) is 12.1 Å². The number of amides is 1. The smallest absolute Gasteiger partial charge is 0.414 e. The predicted molar refractivity (Wildman–Crippen MR) is 92.5 cm³/mol. The maximum Gasteiger partial charge on any atom is 0.414 e. The van der Waals surface area contributed by atoms with Crippen LogP contribution in [0.5, 0.6) is 0 Å². The topological polar surface area (TPSA) is 71.8 Å². The van der Waals surface area contributed by atoms with Crippen molar-refractivity contribution in [2.45, 2.75) is 43.8 Å². The highest BCUT2D eigenvalue weighted by atomic mass is 16.6. The molecule has 1 saturated heterocycles. The zero-order chi connectivity index (χ0) is 17.6. The summed E-state index contributed by atoms with van der Waals surface area (Å²) in [6, 6.07) is 10.2. The van der Waals surface area contributed by atoms with E-state index in [1.807, 2.05) is 18.2 Å². The monoisotopic (exact) mass is 344 g/mol. The van der Waals surface area contributed by atoms with Crippen molar-refractivity contribution in [3.05, 3.63) is 29.8 Å². The fourth-order valence-corrected chi connectivity index (χ4v) is 3.65. The van der Waals surface area contributed by atoms with Crippen molar-refractivity contribution in [1.29, 1.82) is 5.26 Å². The Morgan fingerprint density at radius 2 is 1.96 bits per heavy atom. The maximum absolute atomic E-state index is 12.0. The summed E-state index contributed by atoms with van der Waals surface area (Å²) in [7, 11) is 1.60. The average molecular weight is 344 g/mol. The molecular formula is C19H24N2O4. The van der Waals surface area contributed by atoms with Gasteiger partial charge in [0.1, 0.15) is 12.7 Å². The van der Waals surface area contributed by atoms with Gasteiger partial charge in [-0.2, -0.15) is 5.26 Å². The zero-order valence-electron chi connectivity index (χ0n) is 14.5. The number of carbonyl (C=O) groups excluding carboxylic acids is 1. The lowest BCUT2D eigenvalue weighted by Gasteiger charge is -2.28. The fraction of sp³-hybridized carbons (Fsp3) is 0.579. The summed E-state index contributed by atoms with van der Waals surface area (Å²) >= 11 is 0. The van der Waals surface area contributed by atoms with Gasteiger partial charge in [0, 0.05) is 12.8 Å². The lowest BCUT2D eigenvalue weighted by molar-refractivity contribution is 0.0446. The number of nitriles is 1. The Morgan fingerprint density at radius 1 is 1.24 bits per heavy atom. The molecule has 1 heterocycles. The molecule has 1 amide bonds. The number of anilines is 1. The second-order valence-corrected chi connectivity index (χ2v) is 6.61. The SMILES string of the molecule is COCC1CN(c2ccc([C@H]3CC[C@H](OCC#N)CC3)cc2)C(=O)O1. The Hall–Kier alpha value is -2.10. The Labute approximate surface area is 148 Å². The van der Waals surface area contributed by atoms with E-state index in [0.29, 0.717) is 19.1 Å². The van der Waals surface area contributed by atoms with Crippen LogP contribution in [0.25, 0.3) is 0 Å². The number of hydrogen-bond acceptors (Lipinski definition) is 5. The Bertz CT molecular complexity index is 617. The Balaban J connectivity index is 1.56. The number of carbonyl (C=O) groups is 1. The van der Waals surface area contributed by atoms with E-state index < -0.39 is 0 Å². The van der Waals surface area contributed by atoms with Crippen molar-refractivity contribution in [1.82, 2.24) is 0 Å². The molecule has 3 rings (SSSR count). The van der Waals surface area contributed by atoms with Crippen LogP contribution in [0.4, 0.5) is 10.5 Å². The summed E-state index contributed by atoms with van der Waals surface area (Å²) in [6.07, 6.45) is 3.81. The number of methoxy groups -OCH3 is 1. The van der Waals surface area contributed by atoms with E-state index in [1.54, 1.807) is 12.0 Å². The molecule has 1 aromatic carbocycles. The van der Waals surface area contributed by atoms with Crippen LogP contribution in [0.1, 0.15) is 37.2 Å². The van der Waals surface area contributed by atoms with Crippen LogP contribution in [0.15, 0.2) is 24.3 Å². The second-order valence-electron chi connectivity index (χ2n) is 6.61. The van der Waals surface area contributed by atoms with E-state index in [4.69, 9.17) is 19.5 Å². The molecule has 0 radical (unpaired) electrons. The molecule has 0 bridgehead atoms. The minimum Gasteiger partial charge on any atom is -0.441 e. The van der Waals surface area contributed by atoms with Crippen molar-refractivity contribution in [3.63, 3.8) is 0 Å². The second kappa shape index (κ2) is 8.32. The summed E-state index contributed by atoms with van der Waals surface area (Å²) in [4.78, 5) is 13.6. The first-order valence-electron chi connectivity index (χ1n) is 8.77. The van der Waals surface area contributed by atoms with E-state index in [9.17, 15) is 4.79 Å². The van der Waals surface area contributed by atoms with Crippen LogP contribution in [0, 0.1) is 11.3 Å². The molecule has 0 N–H and O–H groups in total. The van der Waals surface area contributed by atoms with Crippen LogP contribution in [-0.4, -0.2) is 45.2 Å². The van der Waals surface area contributed by atoms with Gasteiger partial charge in [-0.25, -0.2) is 4.79 Å². The Morgan fingerprint density at radius 3 is 2.60 bits per heavy atom. The first-order valence-corrected chi connectivity index (χ1v) is 8.77. The summed E-state index contributed by atoms with van der Waals surface area (Å²) in [5.41, 5.74) is 2.15. The highest BCUT2D eigenvalue weighted by Gasteiger charge is 2.32. The van der Waals surface area contributed by atoms with Gasteiger partial charge in [0.2, 0.25) is 0 Å². The third kappa shape index (κ3) is 4.30. The van der Waals surface area contributed by atoms with Gasteiger partial charge in [0.25, 0.3) is 0 Å². The third-order valence-corrected chi connectivity index (χ3v) is 4.96. The maximum atomic E-state index is 12.0. The highest BCUT2D eigenvalue weighted by molar-refractivity contribution is 5.89. The van der Waals surface area contributed by atoms with Gasteiger partial charge in [-0.3, -0.25) is 4.90 Å². The molecule has 1 aromatic rings. The number of nitrogens with zero attached hydrogens (tertiary/aromatic N) is 2. The van der Waals surface area contributed by atoms with Gasteiger partial charge in [-0.15, -0.1) is 0 Å². The lowest BCUT2D eigenvalue weighted by Crippen LogP contribution is -2.25. The normalized spacial score (nSPS) is 26.3. The Kier molecular flexibility index (Phi) is 5.90. The van der Waals surface area contributed by atoms with Crippen LogP contribution in [-0.2, 0) is 14.2 Å². The molecule has 2 fully saturated rings. The summed E-state index contributed by atoms with van der Waals surface area (Å²) in [5.74, 6) is 0.516. The predicted octanol–water partition coefficient (Wildman–Crippen LogP) is 3.22. The quantitative estimate of drug-likeness (QED) is 0.792. The zero-order valence-corrected chi connectivity index (χ0v) is 14.5. The largest absolute Gasteiger partial charge is 0.441 e. The summed E-state index contributed by atoms with van der Waals surface area (Å²) < 4.78 is 15.9.